The Morgan fingerprint density at radius 3 is 2.28 bits per heavy atom. The largest absolute Gasteiger partial charge is 0.446 e. The van der Waals surface area contributed by atoms with Crippen LogP contribution in [0.15, 0.2) is 59.6 Å². The molecule has 0 aliphatic heterocycles. The van der Waals surface area contributed by atoms with Crippen molar-refractivity contribution in [2.24, 2.45) is 0 Å². The maximum absolute atomic E-state index is 13.3. The monoisotopic (exact) mass is 511 g/mol. The maximum Gasteiger partial charge on any atom is 0.429 e. The molecule has 1 heterocycles. The van der Waals surface area contributed by atoms with E-state index in [2.05, 4.69) is 17.3 Å². The summed E-state index contributed by atoms with van der Waals surface area (Å²) in [4.78, 5) is 24.6. The topological polar surface area (TPSA) is 107 Å². The van der Waals surface area contributed by atoms with E-state index in [4.69, 9.17) is 9.47 Å². The molecule has 2 amide bonds. The molecule has 9 nitrogen and oxygen atoms in total. The Bertz CT molecular complexity index is 1410. The Kier molecular flexibility index (Phi) is 8.27. The zero-order valence-electron chi connectivity index (χ0n) is 20.8. The third-order valence-corrected chi connectivity index (χ3v) is 6.53. The summed E-state index contributed by atoms with van der Waals surface area (Å²) in [6.45, 7) is 8.37. The number of benzene rings is 2. The van der Waals surface area contributed by atoms with Gasteiger partial charge in [-0.3, -0.25) is 0 Å². The molecular weight excluding hydrogens is 482 g/mol. The molecule has 1 N–H and O–H groups in total. The zero-order valence-corrected chi connectivity index (χ0v) is 21.6. The van der Waals surface area contributed by atoms with Gasteiger partial charge in [-0.05, 0) is 52.8 Å². The van der Waals surface area contributed by atoms with E-state index >= 15 is 0 Å². The van der Waals surface area contributed by atoms with E-state index in [0.717, 1.165) is 10.6 Å². The first kappa shape index (κ1) is 26.6. The molecule has 3 aromatic rings. The van der Waals surface area contributed by atoms with Crippen LogP contribution in [-0.2, 0) is 19.5 Å². The van der Waals surface area contributed by atoms with E-state index in [0.29, 0.717) is 16.5 Å². The molecule has 3 rings (SSSR count). The average molecular weight is 512 g/mol. The number of carbonyl (C=O) groups excluding carboxylic acids is 2. The van der Waals surface area contributed by atoms with Gasteiger partial charge >= 0.3 is 12.2 Å². The van der Waals surface area contributed by atoms with Crippen LogP contribution in [0.5, 0.6) is 0 Å². The van der Waals surface area contributed by atoms with Crippen LogP contribution in [0.2, 0.25) is 0 Å². The van der Waals surface area contributed by atoms with Gasteiger partial charge in [-0.15, -0.1) is 0 Å². The van der Waals surface area contributed by atoms with Crippen molar-refractivity contribution in [3.63, 3.8) is 0 Å². The highest BCUT2D eigenvalue weighted by Gasteiger charge is 2.22. The number of hydrogen-bond acceptors (Lipinski definition) is 6. The number of fused-ring (bicyclic) bond motifs is 1. The Morgan fingerprint density at radius 1 is 1.00 bits per heavy atom. The fourth-order valence-electron chi connectivity index (χ4n) is 3.25. The highest BCUT2D eigenvalue weighted by atomic mass is 32.2. The summed E-state index contributed by atoms with van der Waals surface area (Å²) in [5.41, 5.74) is 4.19. The van der Waals surface area contributed by atoms with Gasteiger partial charge in [0.15, 0.2) is 0 Å². The third-order valence-electron chi connectivity index (χ3n) is 4.84. The normalized spacial score (nSPS) is 11.2. The van der Waals surface area contributed by atoms with Crippen LogP contribution in [0.3, 0.4) is 0 Å². The molecule has 0 bridgehead atoms. The molecule has 0 atom stereocenters. The number of aromatic nitrogens is 1. The van der Waals surface area contributed by atoms with Crippen LogP contribution >= 0.6 is 0 Å². The molecule has 36 heavy (non-hydrogen) atoms. The summed E-state index contributed by atoms with van der Waals surface area (Å²) in [5.74, 6) is 5.73. The van der Waals surface area contributed by atoms with Gasteiger partial charge in [0.25, 0.3) is 10.0 Å². The lowest BCUT2D eigenvalue weighted by Crippen LogP contribution is -2.47. The second kappa shape index (κ2) is 11.2. The lowest BCUT2D eigenvalue weighted by atomic mass is 10.2. The molecule has 0 aliphatic carbocycles. The number of nitrogens with zero attached hydrogens (tertiary/aromatic N) is 2. The van der Waals surface area contributed by atoms with Crippen molar-refractivity contribution < 1.29 is 27.5 Å². The third kappa shape index (κ3) is 6.37. The van der Waals surface area contributed by atoms with Crippen LogP contribution in [0.25, 0.3) is 10.9 Å². The van der Waals surface area contributed by atoms with Gasteiger partial charge < -0.3 is 9.47 Å². The molecule has 0 radical (unpaired) electrons. The Labute approximate surface area is 211 Å². The standard InChI is InChI=1S/C26H29N3O6S/c1-18(2)34-25(30)27-28(26(31)35-19(3)4)16-8-9-21-17-29(24-11-7-6-10-23(21)24)36(32,33)22-14-12-20(5)13-15-22/h6-7,10-15,17-19H,16H2,1-5H3,(H,27,30). The summed E-state index contributed by atoms with van der Waals surface area (Å²) in [7, 11) is -3.87. The molecule has 190 valence electrons. The van der Waals surface area contributed by atoms with Crippen molar-refractivity contribution >= 4 is 33.1 Å². The smallest absolute Gasteiger partial charge is 0.429 e. The van der Waals surface area contributed by atoms with Crippen LogP contribution < -0.4 is 5.43 Å². The number of para-hydroxylation sites is 1. The quantitative estimate of drug-likeness (QED) is 0.401. The van der Waals surface area contributed by atoms with E-state index in [1.165, 1.54) is 10.2 Å². The zero-order chi connectivity index (χ0) is 26.5. The highest BCUT2D eigenvalue weighted by Crippen LogP contribution is 2.25. The van der Waals surface area contributed by atoms with Gasteiger partial charge in [-0.25, -0.2) is 32.4 Å². The van der Waals surface area contributed by atoms with E-state index in [1.54, 1.807) is 76.2 Å². The predicted molar refractivity (Wildman–Crippen MR) is 136 cm³/mol. The number of hydrogen-bond donors (Lipinski definition) is 1. The first-order chi connectivity index (χ1) is 17.0. The average Bonchev–Trinajstić information content (AvgIpc) is 3.17. The molecule has 0 unspecified atom stereocenters. The van der Waals surface area contributed by atoms with E-state index < -0.39 is 28.3 Å². The van der Waals surface area contributed by atoms with E-state index in [-0.39, 0.29) is 17.5 Å². The van der Waals surface area contributed by atoms with Gasteiger partial charge in [0.2, 0.25) is 0 Å². The molecule has 1 aromatic heterocycles. The van der Waals surface area contributed by atoms with E-state index in [9.17, 15) is 18.0 Å². The Balaban J connectivity index is 1.94. The lowest BCUT2D eigenvalue weighted by molar-refractivity contribution is 0.0517. The van der Waals surface area contributed by atoms with Crippen molar-refractivity contribution in [1.29, 1.82) is 0 Å². The molecule has 0 saturated carbocycles. The summed E-state index contributed by atoms with van der Waals surface area (Å²) in [6, 6.07) is 13.6. The molecule has 2 aromatic carbocycles. The second-order valence-electron chi connectivity index (χ2n) is 8.56. The number of carbonyl (C=O) groups is 2. The number of ether oxygens (including phenoxy) is 2. The number of hydrazine groups is 1. The number of nitrogens with one attached hydrogen (secondary N) is 1. The Morgan fingerprint density at radius 2 is 1.64 bits per heavy atom. The maximum atomic E-state index is 13.3. The SMILES string of the molecule is Cc1ccc(S(=O)(=O)n2cc(C#CCN(NC(=O)OC(C)C)C(=O)OC(C)C)c3ccccc32)cc1. The Hall–Kier alpha value is -3.97. The summed E-state index contributed by atoms with van der Waals surface area (Å²) >= 11 is 0. The molecule has 0 aliphatic rings. The van der Waals surface area contributed by atoms with Crippen molar-refractivity contribution in [3.8, 4) is 11.8 Å². The first-order valence-corrected chi connectivity index (χ1v) is 12.8. The van der Waals surface area contributed by atoms with Crippen LogP contribution in [0.4, 0.5) is 9.59 Å². The highest BCUT2D eigenvalue weighted by molar-refractivity contribution is 7.90. The van der Waals surface area contributed by atoms with Crippen molar-refractivity contribution in [2.45, 2.75) is 51.7 Å². The summed E-state index contributed by atoms with van der Waals surface area (Å²) < 4.78 is 38.1. The van der Waals surface area contributed by atoms with Crippen LogP contribution in [0, 0.1) is 18.8 Å². The molecular formula is C26H29N3O6S. The van der Waals surface area contributed by atoms with Crippen molar-refractivity contribution in [3.05, 3.63) is 65.9 Å². The first-order valence-electron chi connectivity index (χ1n) is 11.4. The predicted octanol–water partition coefficient (Wildman–Crippen LogP) is 4.43. The molecule has 0 fully saturated rings. The van der Waals surface area contributed by atoms with E-state index in [1.807, 2.05) is 6.92 Å². The summed E-state index contributed by atoms with van der Waals surface area (Å²) in [6.07, 6.45) is -0.983. The van der Waals surface area contributed by atoms with Gasteiger partial charge in [0, 0.05) is 11.6 Å². The van der Waals surface area contributed by atoms with Crippen LogP contribution in [0.1, 0.15) is 38.8 Å². The fraction of sp³-hybridized carbons (Fsp3) is 0.308. The fourth-order valence-corrected chi connectivity index (χ4v) is 4.62. The van der Waals surface area contributed by atoms with Crippen molar-refractivity contribution in [2.75, 3.05) is 6.54 Å². The van der Waals surface area contributed by atoms with Gasteiger partial charge in [0.1, 0.15) is 6.54 Å². The van der Waals surface area contributed by atoms with Gasteiger partial charge in [-0.2, -0.15) is 0 Å². The molecule has 0 saturated heterocycles. The van der Waals surface area contributed by atoms with Gasteiger partial charge in [0.05, 0.1) is 28.2 Å². The van der Waals surface area contributed by atoms with Crippen molar-refractivity contribution in [1.82, 2.24) is 14.4 Å². The number of rotatable bonds is 5. The second-order valence-corrected chi connectivity index (χ2v) is 10.4. The minimum Gasteiger partial charge on any atom is -0.446 e. The minimum atomic E-state index is -3.87. The molecule has 0 spiro atoms. The van der Waals surface area contributed by atoms with Gasteiger partial charge in [-0.1, -0.05) is 47.7 Å². The summed E-state index contributed by atoms with van der Waals surface area (Å²) in [5, 5.41) is 1.53. The number of aryl methyl sites for hydroxylation is 1. The lowest BCUT2D eigenvalue weighted by Gasteiger charge is -2.22. The number of amides is 2. The molecule has 10 heteroatoms. The van der Waals surface area contributed by atoms with Crippen LogP contribution in [-0.4, -0.2) is 48.3 Å². The minimum absolute atomic E-state index is 0.156.